The molecule has 11 unspecified atom stereocenters. The molecule has 4 aliphatic carbocycles. The van der Waals surface area contributed by atoms with Crippen LogP contribution in [0.25, 0.3) is 0 Å². The summed E-state index contributed by atoms with van der Waals surface area (Å²) in [6.07, 6.45) is 15.9. The summed E-state index contributed by atoms with van der Waals surface area (Å²) in [4.78, 5) is 13.1. The van der Waals surface area contributed by atoms with Crippen LogP contribution in [0.2, 0.25) is 0 Å². The lowest BCUT2D eigenvalue weighted by Gasteiger charge is -2.66. The highest BCUT2D eigenvalue weighted by atomic mass is 79.9. The third-order valence-electron chi connectivity index (χ3n) is 12.4. The van der Waals surface area contributed by atoms with Gasteiger partial charge in [-0.05, 0) is 97.2 Å². The van der Waals surface area contributed by atoms with Crippen LogP contribution in [-0.2, 0) is 9.53 Å². The zero-order chi connectivity index (χ0) is 27.2. The van der Waals surface area contributed by atoms with Gasteiger partial charge in [-0.1, -0.05) is 106 Å². The van der Waals surface area contributed by atoms with Gasteiger partial charge in [0.1, 0.15) is 6.10 Å². The van der Waals surface area contributed by atoms with Crippen molar-refractivity contribution in [1.29, 1.82) is 0 Å². The summed E-state index contributed by atoms with van der Waals surface area (Å²) in [5, 5.41) is 0. The zero-order valence-corrected chi connectivity index (χ0v) is 28.1. The van der Waals surface area contributed by atoms with E-state index in [4.69, 9.17) is 4.74 Å². The highest BCUT2D eigenvalue weighted by Crippen LogP contribution is 2.71. The van der Waals surface area contributed by atoms with E-state index in [-0.39, 0.29) is 21.8 Å². The summed E-state index contributed by atoms with van der Waals surface area (Å²) in [6.45, 7) is 16.9. The van der Waals surface area contributed by atoms with Crippen LogP contribution < -0.4 is 0 Å². The Morgan fingerprint density at radius 2 is 1.73 bits per heavy atom. The second kappa shape index (κ2) is 11.7. The number of rotatable bonds is 9. The maximum absolute atomic E-state index is 12.6. The molecule has 0 saturated heterocycles. The van der Waals surface area contributed by atoms with Gasteiger partial charge in [-0.25, -0.2) is 0 Å². The molecule has 11 atom stereocenters. The fraction of sp³-hybridized carbons (Fsp3) is 0.970. The molecule has 0 aromatic carbocycles. The number of fused-ring (bicyclic) bond motifs is 5. The number of ether oxygens (including phenoxy) is 1. The minimum absolute atomic E-state index is 0.00630. The van der Waals surface area contributed by atoms with Gasteiger partial charge in [-0.15, -0.1) is 0 Å². The Labute approximate surface area is 245 Å². The lowest BCUT2D eigenvalue weighted by atomic mass is 9.44. The Morgan fingerprint density at radius 3 is 2.41 bits per heavy atom. The average Bonchev–Trinajstić information content (AvgIpc) is 3.18. The van der Waals surface area contributed by atoms with E-state index in [1.54, 1.807) is 0 Å². The molecular weight excluding hydrogens is 588 g/mol. The number of alkyl halides is 2. The molecule has 4 rings (SSSR count). The largest absolute Gasteiger partial charge is 0.462 e. The minimum Gasteiger partial charge on any atom is -0.462 e. The molecule has 0 heterocycles. The first-order valence-corrected chi connectivity index (χ1v) is 17.6. The number of carbonyl (C=O) groups excluding carboxylic acids is 1. The van der Waals surface area contributed by atoms with Crippen LogP contribution in [0.1, 0.15) is 132 Å². The molecule has 0 aromatic heterocycles. The highest BCUT2D eigenvalue weighted by Gasteiger charge is 2.67. The Kier molecular flexibility index (Phi) is 9.64. The van der Waals surface area contributed by atoms with Crippen molar-refractivity contribution in [2.75, 3.05) is 0 Å². The molecule has 0 radical (unpaired) electrons. The van der Waals surface area contributed by atoms with Gasteiger partial charge in [0.15, 0.2) is 0 Å². The van der Waals surface area contributed by atoms with Gasteiger partial charge >= 0.3 is 5.97 Å². The lowest BCUT2D eigenvalue weighted by Crippen LogP contribution is -2.64. The molecule has 4 heteroatoms. The Hall–Kier alpha value is 0.430. The normalized spacial score (nSPS) is 45.0. The summed E-state index contributed by atoms with van der Waals surface area (Å²) in [5.41, 5.74) is 0.780. The second-order valence-electron chi connectivity index (χ2n) is 15.0. The summed E-state index contributed by atoms with van der Waals surface area (Å²) in [7, 11) is 0. The SMILES string of the molecule is CCC(C)CC(=O)OC1CCC2(C)C3CCC4(C)C(C(C)CCCC(C)C)CCC4C3CC(Br)C2(Br)C1. The van der Waals surface area contributed by atoms with Gasteiger partial charge in [0, 0.05) is 22.0 Å². The van der Waals surface area contributed by atoms with Gasteiger partial charge in [0.25, 0.3) is 0 Å². The van der Waals surface area contributed by atoms with Gasteiger partial charge in [0.05, 0.1) is 0 Å². The van der Waals surface area contributed by atoms with Crippen molar-refractivity contribution >= 4 is 37.8 Å². The van der Waals surface area contributed by atoms with Crippen molar-refractivity contribution < 1.29 is 9.53 Å². The maximum Gasteiger partial charge on any atom is 0.306 e. The number of esters is 1. The predicted molar refractivity (Wildman–Crippen MR) is 163 cm³/mol. The molecule has 4 fully saturated rings. The molecule has 0 aliphatic heterocycles. The molecule has 37 heavy (non-hydrogen) atoms. The van der Waals surface area contributed by atoms with E-state index >= 15 is 0 Å². The van der Waals surface area contributed by atoms with E-state index in [9.17, 15) is 4.79 Å². The van der Waals surface area contributed by atoms with E-state index < -0.39 is 0 Å². The fourth-order valence-electron chi connectivity index (χ4n) is 9.94. The first-order chi connectivity index (χ1) is 17.4. The van der Waals surface area contributed by atoms with Crippen LogP contribution in [0.3, 0.4) is 0 Å². The van der Waals surface area contributed by atoms with Crippen molar-refractivity contribution in [1.82, 2.24) is 0 Å². The predicted octanol–water partition coefficient (Wildman–Crippen LogP) is 10.3. The summed E-state index contributed by atoms with van der Waals surface area (Å²) in [5.74, 6) is 5.50. The van der Waals surface area contributed by atoms with Crippen molar-refractivity contribution in [3.05, 3.63) is 0 Å². The van der Waals surface area contributed by atoms with Crippen molar-refractivity contribution in [3.63, 3.8) is 0 Å². The van der Waals surface area contributed by atoms with E-state index in [0.717, 1.165) is 54.8 Å². The van der Waals surface area contributed by atoms with Gasteiger partial charge in [-0.2, -0.15) is 0 Å². The smallest absolute Gasteiger partial charge is 0.306 e. The molecule has 0 bridgehead atoms. The van der Waals surface area contributed by atoms with E-state index in [1.807, 2.05) is 0 Å². The maximum atomic E-state index is 12.6. The van der Waals surface area contributed by atoms with E-state index in [1.165, 1.54) is 57.8 Å². The van der Waals surface area contributed by atoms with Crippen LogP contribution in [0.15, 0.2) is 0 Å². The molecule has 4 aliphatic rings. The fourth-order valence-corrected chi connectivity index (χ4v) is 12.1. The van der Waals surface area contributed by atoms with Crippen molar-refractivity contribution in [2.45, 2.75) is 147 Å². The monoisotopic (exact) mass is 642 g/mol. The van der Waals surface area contributed by atoms with Gasteiger partial charge in [-0.3, -0.25) is 4.79 Å². The molecule has 4 saturated carbocycles. The van der Waals surface area contributed by atoms with Crippen molar-refractivity contribution in [2.24, 2.45) is 52.3 Å². The zero-order valence-electron chi connectivity index (χ0n) is 25.0. The van der Waals surface area contributed by atoms with Crippen LogP contribution >= 0.6 is 31.9 Å². The molecule has 2 nitrogen and oxygen atoms in total. The van der Waals surface area contributed by atoms with Crippen LogP contribution in [0, 0.1) is 52.3 Å². The Bertz CT molecular complexity index is 799. The number of halogens is 2. The first kappa shape index (κ1) is 30.4. The molecule has 0 aromatic rings. The van der Waals surface area contributed by atoms with Gasteiger partial charge < -0.3 is 4.74 Å². The molecule has 0 spiro atoms. The highest BCUT2D eigenvalue weighted by molar-refractivity contribution is 9.12. The Balaban J connectivity index is 1.46. The average molecular weight is 645 g/mol. The number of hydrogen-bond donors (Lipinski definition) is 0. The van der Waals surface area contributed by atoms with Crippen molar-refractivity contribution in [3.8, 4) is 0 Å². The van der Waals surface area contributed by atoms with Crippen LogP contribution in [0.5, 0.6) is 0 Å². The van der Waals surface area contributed by atoms with Crippen LogP contribution in [0.4, 0.5) is 0 Å². The van der Waals surface area contributed by atoms with Crippen LogP contribution in [-0.4, -0.2) is 21.2 Å². The van der Waals surface area contributed by atoms with E-state index in [0.29, 0.717) is 22.6 Å². The first-order valence-electron chi connectivity index (χ1n) is 15.9. The summed E-state index contributed by atoms with van der Waals surface area (Å²) < 4.78 is 6.10. The number of carbonyl (C=O) groups is 1. The third kappa shape index (κ3) is 5.65. The summed E-state index contributed by atoms with van der Waals surface area (Å²) >= 11 is 8.62. The third-order valence-corrected chi connectivity index (χ3v) is 16.0. The second-order valence-corrected chi connectivity index (χ2v) is 17.5. The topological polar surface area (TPSA) is 26.3 Å². The molecule has 214 valence electrons. The number of hydrogen-bond acceptors (Lipinski definition) is 2. The standard InChI is InChI=1S/C33H56Br2O2/c1-8-22(4)18-30(36)37-24-14-17-32(7)28-15-16-31(6)26(23(5)11-9-10-21(2)3)12-13-27(31)25(28)19-29(34)33(32,35)20-24/h21-29H,8-20H2,1-7H3. The van der Waals surface area contributed by atoms with Gasteiger partial charge in [0.2, 0.25) is 0 Å². The molecular formula is C33H56Br2O2. The molecule has 0 N–H and O–H groups in total. The minimum atomic E-state index is 0.00630. The quantitative estimate of drug-likeness (QED) is 0.184. The summed E-state index contributed by atoms with van der Waals surface area (Å²) in [6, 6.07) is 0. The lowest BCUT2D eigenvalue weighted by molar-refractivity contribution is -0.159. The Morgan fingerprint density at radius 1 is 1.00 bits per heavy atom. The molecule has 0 amide bonds. The van der Waals surface area contributed by atoms with E-state index in [2.05, 4.69) is 80.3 Å².